The zero-order valence-corrected chi connectivity index (χ0v) is 13.8. The van der Waals surface area contributed by atoms with Crippen molar-refractivity contribution in [3.8, 4) is 0 Å². The molecule has 1 aromatic rings. The Morgan fingerprint density at radius 1 is 1.43 bits per heavy atom. The highest BCUT2D eigenvalue weighted by Gasteiger charge is 2.32. The second-order valence-electron chi connectivity index (χ2n) is 4.67. The van der Waals surface area contributed by atoms with Crippen LogP contribution in [0.4, 0.5) is 0 Å². The first-order valence-corrected chi connectivity index (χ1v) is 7.81. The van der Waals surface area contributed by atoms with E-state index in [4.69, 9.17) is 21.7 Å². The Morgan fingerprint density at radius 2 is 2.19 bits per heavy atom. The van der Waals surface area contributed by atoms with Gasteiger partial charge in [0.2, 0.25) is 0 Å². The van der Waals surface area contributed by atoms with Crippen molar-refractivity contribution in [3.63, 3.8) is 0 Å². The second kappa shape index (κ2) is 7.02. The monoisotopic (exact) mass is 326 g/mol. The molecule has 0 saturated carbocycles. The number of hydrogen-bond donors (Lipinski definition) is 2. The molecule has 5 nitrogen and oxygen atoms in total. The van der Waals surface area contributed by atoms with Crippen molar-refractivity contribution in [1.29, 1.82) is 0 Å². The number of ether oxygens (including phenoxy) is 2. The normalized spacial score (nSPS) is 18.2. The highest BCUT2D eigenvalue weighted by Crippen LogP contribution is 2.32. The first-order chi connectivity index (χ1) is 10.0. The number of esters is 1. The molecule has 114 valence electrons. The van der Waals surface area contributed by atoms with Gasteiger partial charge in [-0.05, 0) is 43.1 Å². The Labute approximate surface area is 133 Å². The summed E-state index contributed by atoms with van der Waals surface area (Å²) < 4.78 is 10.2. The van der Waals surface area contributed by atoms with E-state index >= 15 is 0 Å². The molecule has 2 heterocycles. The van der Waals surface area contributed by atoms with Crippen molar-refractivity contribution >= 4 is 34.6 Å². The lowest BCUT2D eigenvalue weighted by molar-refractivity contribution is -0.140. The number of aryl methyl sites for hydroxylation is 1. The van der Waals surface area contributed by atoms with E-state index in [1.54, 1.807) is 18.4 Å². The molecule has 0 radical (unpaired) electrons. The van der Waals surface area contributed by atoms with Crippen LogP contribution in [0, 0.1) is 6.92 Å². The molecule has 0 spiro atoms. The average Bonchev–Trinajstić information content (AvgIpc) is 2.84. The Morgan fingerprint density at radius 3 is 2.81 bits per heavy atom. The van der Waals surface area contributed by atoms with Gasteiger partial charge in [-0.25, -0.2) is 4.79 Å². The number of carbonyl (C=O) groups excluding carboxylic acids is 1. The summed E-state index contributed by atoms with van der Waals surface area (Å²) in [6, 6.07) is 1.75. The molecule has 7 heteroatoms. The summed E-state index contributed by atoms with van der Waals surface area (Å²) in [6.07, 6.45) is 0. The molecular formula is C14H18N2O3S2. The van der Waals surface area contributed by atoms with Crippen molar-refractivity contribution in [2.75, 3.05) is 20.3 Å². The SMILES string of the molecule is COCCOC(=O)C1=C(C)NC(=S)N[C@H]1c1sccc1C. The molecule has 1 aromatic heterocycles. The predicted octanol–water partition coefficient (Wildman–Crippen LogP) is 2.04. The van der Waals surface area contributed by atoms with Crippen LogP contribution in [0.3, 0.4) is 0 Å². The molecule has 0 unspecified atom stereocenters. The van der Waals surface area contributed by atoms with E-state index in [9.17, 15) is 4.79 Å². The van der Waals surface area contributed by atoms with Gasteiger partial charge in [0, 0.05) is 17.7 Å². The minimum Gasteiger partial charge on any atom is -0.460 e. The molecule has 0 bridgehead atoms. The van der Waals surface area contributed by atoms with Crippen molar-refractivity contribution in [2.45, 2.75) is 19.9 Å². The Balaban J connectivity index is 2.28. The van der Waals surface area contributed by atoms with Gasteiger partial charge in [-0.2, -0.15) is 0 Å². The summed E-state index contributed by atoms with van der Waals surface area (Å²) in [5, 5.41) is 8.65. The number of allylic oxidation sites excluding steroid dienone is 1. The number of thiocarbonyl (C=S) groups is 1. The van der Waals surface area contributed by atoms with Gasteiger partial charge in [0.1, 0.15) is 6.61 Å². The predicted molar refractivity (Wildman–Crippen MR) is 86.2 cm³/mol. The molecule has 2 rings (SSSR count). The number of nitrogens with one attached hydrogen (secondary N) is 2. The van der Waals surface area contributed by atoms with Gasteiger partial charge in [-0.1, -0.05) is 0 Å². The molecule has 0 aliphatic carbocycles. The number of thiophene rings is 1. The van der Waals surface area contributed by atoms with Crippen LogP contribution in [0.15, 0.2) is 22.7 Å². The van der Waals surface area contributed by atoms with Gasteiger partial charge >= 0.3 is 5.97 Å². The molecule has 0 amide bonds. The largest absolute Gasteiger partial charge is 0.460 e. The zero-order chi connectivity index (χ0) is 15.4. The quantitative estimate of drug-likeness (QED) is 0.491. The van der Waals surface area contributed by atoms with E-state index in [2.05, 4.69) is 10.6 Å². The summed E-state index contributed by atoms with van der Waals surface area (Å²) in [5.74, 6) is -0.357. The van der Waals surface area contributed by atoms with Crippen LogP contribution < -0.4 is 10.6 Å². The van der Waals surface area contributed by atoms with E-state index < -0.39 is 0 Å². The van der Waals surface area contributed by atoms with Crippen LogP contribution in [-0.4, -0.2) is 31.4 Å². The summed E-state index contributed by atoms with van der Waals surface area (Å²) in [4.78, 5) is 13.4. The fourth-order valence-corrected chi connectivity index (χ4v) is 3.39. The van der Waals surface area contributed by atoms with Crippen LogP contribution >= 0.6 is 23.6 Å². The lowest BCUT2D eigenvalue weighted by Crippen LogP contribution is -2.45. The van der Waals surface area contributed by atoms with E-state index in [1.807, 2.05) is 25.3 Å². The van der Waals surface area contributed by atoms with E-state index in [0.29, 0.717) is 17.3 Å². The highest BCUT2D eigenvalue weighted by molar-refractivity contribution is 7.80. The maximum absolute atomic E-state index is 12.4. The molecule has 2 N–H and O–H groups in total. The molecule has 1 atom stereocenters. The second-order valence-corrected chi connectivity index (χ2v) is 6.02. The Kier molecular flexibility index (Phi) is 5.33. The Bertz CT molecular complexity index is 581. The fraction of sp³-hybridized carbons (Fsp3) is 0.429. The molecule has 1 aliphatic heterocycles. The molecule has 0 saturated heterocycles. The minimum absolute atomic E-state index is 0.229. The highest BCUT2D eigenvalue weighted by atomic mass is 32.1. The third kappa shape index (κ3) is 3.61. The third-order valence-corrected chi connectivity index (χ3v) is 4.48. The van der Waals surface area contributed by atoms with E-state index in [1.165, 1.54) is 0 Å². The first kappa shape index (κ1) is 15.9. The third-order valence-electron chi connectivity index (χ3n) is 3.17. The molecular weight excluding hydrogens is 308 g/mol. The van der Waals surface area contributed by atoms with Gasteiger partial charge in [-0.15, -0.1) is 11.3 Å². The van der Waals surface area contributed by atoms with Gasteiger partial charge in [-0.3, -0.25) is 0 Å². The van der Waals surface area contributed by atoms with Crippen molar-refractivity contribution in [3.05, 3.63) is 33.2 Å². The van der Waals surface area contributed by atoms with Crippen LogP contribution in [0.1, 0.15) is 23.4 Å². The van der Waals surface area contributed by atoms with Crippen LogP contribution in [0.5, 0.6) is 0 Å². The summed E-state index contributed by atoms with van der Waals surface area (Å²) in [6.45, 7) is 4.45. The molecule has 0 fully saturated rings. The molecule has 21 heavy (non-hydrogen) atoms. The number of rotatable bonds is 5. The standard InChI is InChI=1S/C14H18N2O3S2/c1-8-4-7-21-12(8)11-10(9(2)15-14(20)16-11)13(17)19-6-5-18-3/h4,7,11H,5-6H2,1-3H3,(H2,15,16,20)/t11-/m1/s1. The van der Waals surface area contributed by atoms with Gasteiger partial charge in [0.15, 0.2) is 5.11 Å². The molecule has 0 aromatic carbocycles. The van der Waals surface area contributed by atoms with E-state index in [0.717, 1.165) is 16.1 Å². The number of carbonyl (C=O) groups is 1. The zero-order valence-electron chi connectivity index (χ0n) is 12.2. The van der Waals surface area contributed by atoms with Gasteiger partial charge in [0.25, 0.3) is 0 Å². The topological polar surface area (TPSA) is 59.6 Å². The van der Waals surface area contributed by atoms with Crippen LogP contribution in [0.25, 0.3) is 0 Å². The van der Waals surface area contributed by atoms with Crippen LogP contribution in [-0.2, 0) is 14.3 Å². The maximum atomic E-state index is 12.4. The van der Waals surface area contributed by atoms with Gasteiger partial charge < -0.3 is 20.1 Å². The lowest BCUT2D eigenvalue weighted by atomic mass is 10.00. The fourth-order valence-electron chi connectivity index (χ4n) is 2.14. The average molecular weight is 326 g/mol. The molecule has 1 aliphatic rings. The summed E-state index contributed by atoms with van der Waals surface area (Å²) in [5.41, 5.74) is 2.40. The number of methoxy groups -OCH3 is 1. The Hall–Kier alpha value is -1.44. The van der Waals surface area contributed by atoms with Gasteiger partial charge in [0.05, 0.1) is 18.2 Å². The van der Waals surface area contributed by atoms with Crippen molar-refractivity contribution in [2.24, 2.45) is 0 Å². The summed E-state index contributed by atoms with van der Waals surface area (Å²) in [7, 11) is 1.57. The summed E-state index contributed by atoms with van der Waals surface area (Å²) >= 11 is 6.79. The van der Waals surface area contributed by atoms with Crippen molar-refractivity contribution in [1.82, 2.24) is 10.6 Å². The minimum atomic E-state index is -0.357. The van der Waals surface area contributed by atoms with E-state index in [-0.39, 0.29) is 18.6 Å². The van der Waals surface area contributed by atoms with Crippen molar-refractivity contribution < 1.29 is 14.3 Å². The van der Waals surface area contributed by atoms with Crippen LogP contribution in [0.2, 0.25) is 0 Å². The maximum Gasteiger partial charge on any atom is 0.338 e. The first-order valence-electron chi connectivity index (χ1n) is 6.53. The lowest BCUT2D eigenvalue weighted by Gasteiger charge is -2.29. The smallest absolute Gasteiger partial charge is 0.338 e. The number of hydrogen-bond acceptors (Lipinski definition) is 5.